The van der Waals surface area contributed by atoms with Gasteiger partial charge in [0, 0.05) is 23.2 Å². The molecule has 1 amide bonds. The molecule has 5 nitrogen and oxygen atoms in total. The van der Waals surface area contributed by atoms with Crippen molar-refractivity contribution in [3.63, 3.8) is 0 Å². The van der Waals surface area contributed by atoms with Crippen molar-refractivity contribution in [2.75, 3.05) is 6.54 Å². The van der Waals surface area contributed by atoms with Gasteiger partial charge in [0.2, 0.25) is 5.91 Å². The van der Waals surface area contributed by atoms with E-state index in [1.165, 1.54) is 22.9 Å². The molecule has 0 saturated heterocycles. The Morgan fingerprint density at radius 1 is 1.04 bits per heavy atom. The number of rotatable bonds is 6. The second-order valence-corrected chi connectivity index (χ2v) is 6.38. The molecule has 138 valence electrons. The summed E-state index contributed by atoms with van der Waals surface area (Å²) >= 11 is 5.82. The fourth-order valence-corrected chi connectivity index (χ4v) is 2.66. The van der Waals surface area contributed by atoms with Crippen LogP contribution < -0.4 is 10.9 Å². The highest BCUT2D eigenvalue weighted by Gasteiger charge is 2.06. The van der Waals surface area contributed by atoms with E-state index in [0.29, 0.717) is 16.3 Å². The molecular formula is C20H17ClFN3O2. The fraction of sp³-hybridized carbons (Fsp3) is 0.150. The number of nitrogens with zero attached hydrogens (tertiary/aromatic N) is 2. The van der Waals surface area contributed by atoms with Crippen molar-refractivity contribution in [1.29, 1.82) is 0 Å². The number of hydrogen-bond donors (Lipinski definition) is 1. The smallest absolute Gasteiger partial charge is 0.266 e. The van der Waals surface area contributed by atoms with Crippen LogP contribution >= 0.6 is 11.6 Å². The summed E-state index contributed by atoms with van der Waals surface area (Å²) in [7, 11) is 0. The van der Waals surface area contributed by atoms with Crippen molar-refractivity contribution >= 4 is 17.5 Å². The molecule has 0 fully saturated rings. The lowest BCUT2D eigenvalue weighted by molar-refractivity contribution is -0.120. The van der Waals surface area contributed by atoms with Gasteiger partial charge in [-0.15, -0.1) is 0 Å². The summed E-state index contributed by atoms with van der Waals surface area (Å²) in [6, 6.07) is 15.9. The maximum Gasteiger partial charge on any atom is 0.266 e. The third-order valence-corrected chi connectivity index (χ3v) is 4.18. The van der Waals surface area contributed by atoms with Crippen LogP contribution in [-0.2, 0) is 17.8 Å². The van der Waals surface area contributed by atoms with Crippen LogP contribution in [-0.4, -0.2) is 22.2 Å². The molecule has 0 aliphatic carbocycles. The molecule has 0 spiro atoms. The highest BCUT2D eigenvalue weighted by Crippen LogP contribution is 2.15. The lowest BCUT2D eigenvalue weighted by Crippen LogP contribution is -2.32. The molecule has 0 aliphatic rings. The molecule has 2 aromatic carbocycles. The average molecular weight is 386 g/mol. The van der Waals surface area contributed by atoms with E-state index >= 15 is 0 Å². The third-order valence-electron chi connectivity index (χ3n) is 3.93. The summed E-state index contributed by atoms with van der Waals surface area (Å²) in [6.07, 6.45) is 0.231. The van der Waals surface area contributed by atoms with Crippen molar-refractivity contribution in [1.82, 2.24) is 15.1 Å². The van der Waals surface area contributed by atoms with Gasteiger partial charge in [0.1, 0.15) is 5.82 Å². The maximum atomic E-state index is 13.0. The van der Waals surface area contributed by atoms with E-state index in [0.717, 1.165) is 5.56 Å². The molecule has 3 aromatic rings. The van der Waals surface area contributed by atoms with Crippen molar-refractivity contribution in [3.8, 4) is 11.3 Å². The lowest BCUT2D eigenvalue weighted by atomic mass is 10.1. The Kier molecular flexibility index (Phi) is 5.98. The van der Waals surface area contributed by atoms with Crippen molar-refractivity contribution < 1.29 is 9.18 Å². The van der Waals surface area contributed by atoms with Crippen LogP contribution in [0.2, 0.25) is 5.02 Å². The monoisotopic (exact) mass is 385 g/mol. The molecule has 1 aromatic heterocycles. The standard InChI is InChI=1S/C20H17ClFN3O2/c21-16-5-1-14(2-6-16)13-19(26)23-11-12-25-20(27)10-9-18(24-25)15-3-7-17(22)8-4-15/h1-10H,11-13H2,(H,23,26). The third kappa shape index (κ3) is 5.24. The Balaban J connectivity index is 1.59. The Bertz CT molecular complexity index is 985. The van der Waals surface area contributed by atoms with Crippen LogP contribution in [0.3, 0.4) is 0 Å². The van der Waals surface area contributed by atoms with Crippen LogP contribution in [0, 0.1) is 5.82 Å². The molecule has 0 aliphatic heterocycles. The summed E-state index contributed by atoms with van der Waals surface area (Å²) in [5.41, 5.74) is 1.84. The minimum atomic E-state index is -0.338. The Morgan fingerprint density at radius 2 is 1.74 bits per heavy atom. The van der Waals surface area contributed by atoms with Gasteiger partial charge in [-0.3, -0.25) is 9.59 Å². The van der Waals surface area contributed by atoms with Gasteiger partial charge in [-0.05, 0) is 48.0 Å². The lowest BCUT2D eigenvalue weighted by Gasteiger charge is -2.09. The largest absolute Gasteiger partial charge is 0.354 e. The van der Waals surface area contributed by atoms with Gasteiger partial charge >= 0.3 is 0 Å². The van der Waals surface area contributed by atoms with Gasteiger partial charge in [0.25, 0.3) is 5.56 Å². The predicted molar refractivity (Wildman–Crippen MR) is 102 cm³/mol. The molecule has 0 saturated carbocycles. The van der Waals surface area contributed by atoms with Gasteiger partial charge in [-0.25, -0.2) is 9.07 Å². The molecule has 0 radical (unpaired) electrons. The van der Waals surface area contributed by atoms with Crippen LogP contribution in [0.1, 0.15) is 5.56 Å². The van der Waals surface area contributed by atoms with E-state index in [4.69, 9.17) is 11.6 Å². The number of carbonyl (C=O) groups excluding carboxylic acids is 1. The maximum absolute atomic E-state index is 13.0. The SMILES string of the molecule is O=C(Cc1ccc(Cl)cc1)NCCn1nc(-c2ccc(F)cc2)ccc1=O. The number of halogens is 2. The first kappa shape index (κ1) is 18.8. The van der Waals surface area contributed by atoms with Gasteiger partial charge in [0.05, 0.1) is 18.7 Å². The fourth-order valence-electron chi connectivity index (χ4n) is 2.54. The number of nitrogens with one attached hydrogen (secondary N) is 1. The molecular weight excluding hydrogens is 369 g/mol. The van der Waals surface area contributed by atoms with Gasteiger partial charge < -0.3 is 5.32 Å². The van der Waals surface area contributed by atoms with E-state index in [1.54, 1.807) is 42.5 Å². The normalized spacial score (nSPS) is 10.6. The van der Waals surface area contributed by atoms with Crippen LogP contribution in [0.4, 0.5) is 4.39 Å². The molecule has 3 rings (SSSR count). The summed E-state index contributed by atoms with van der Waals surface area (Å²) in [6.45, 7) is 0.506. The van der Waals surface area contributed by atoms with E-state index in [1.807, 2.05) is 0 Å². The summed E-state index contributed by atoms with van der Waals surface area (Å²) < 4.78 is 14.3. The first-order chi connectivity index (χ1) is 13.0. The van der Waals surface area contributed by atoms with Crippen molar-refractivity contribution in [2.45, 2.75) is 13.0 Å². The highest BCUT2D eigenvalue weighted by atomic mass is 35.5. The summed E-state index contributed by atoms with van der Waals surface area (Å²) in [5.74, 6) is -0.490. The number of benzene rings is 2. The van der Waals surface area contributed by atoms with E-state index in [2.05, 4.69) is 10.4 Å². The average Bonchev–Trinajstić information content (AvgIpc) is 2.66. The first-order valence-electron chi connectivity index (χ1n) is 8.36. The van der Waals surface area contributed by atoms with E-state index in [9.17, 15) is 14.0 Å². The molecule has 1 heterocycles. The number of aromatic nitrogens is 2. The van der Waals surface area contributed by atoms with Crippen LogP contribution in [0.15, 0.2) is 65.5 Å². The van der Waals surface area contributed by atoms with Crippen LogP contribution in [0.25, 0.3) is 11.3 Å². The topological polar surface area (TPSA) is 64.0 Å². The van der Waals surface area contributed by atoms with Crippen LogP contribution in [0.5, 0.6) is 0 Å². The molecule has 0 bridgehead atoms. The highest BCUT2D eigenvalue weighted by molar-refractivity contribution is 6.30. The molecule has 7 heteroatoms. The van der Waals surface area contributed by atoms with Gasteiger partial charge in [-0.2, -0.15) is 5.10 Å². The quantitative estimate of drug-likeness (QED) is 0.709. The predicted octanol–water partition coefficient (Wildman–Crippen LogP) is 3.06. The zero-order valence-corrected chi connectivity index (χ0v) is 15.1. The summed E-state index contributed by atoms with van der Waals surface area (Å²) in [4.78, 5) is 24.0. The van der Waals surface area contributed by atoms with Gasteiger partial charge in [-0.1, -0.05) is 23.7 Å². The number of amides is 1. The molecule has 27 heavy (non-hydrogen) atoms. The zero-order valence-electron chi connectivity index (χ0n) is 14.4. The van der Waals surface area contributed by atoms with E-state index < -0.39 is 0 Å². The van der Waals surface area contributed by atoms with Gasteiger partial charge in [0.15, 0.2) is 0 Å². The number of hydrogen-bond acceptors (Lipinski definition) is 3. The molecule has 0 atom stereocenters. The summed E-state index contributed by atoms with van der Waals surface area (Å²) in [5, 5.41) is 7.66. The zero-order chi connectivity index (χ0) is 19.2. The molecule has 0 unspecified atom stereocenters. The number of carbonyl (C=O) groups is 1. The van der Waals surface area contributed by atoms with Crippen molar-refractivity contribution in [3.05, 3.63) is 87.4 Å². The second-order valence-electron chi connectivity index (χ2n) is 5.94. The Morgan fingerprint density at radius 3 is 2.44 bits per heavy atom. The minimum Gasteiger partial charge on any atom is -0.354 e. The van der Waals surface area contributed by atoms with Crippen molar-refractivity contribution in [2.24, 2.45) is 0 Å². The second kappa shape index (κ2) is 8.60. The minimum absolute atomic E-state index is 0.153. The Hall–Kier alpha value is -2.99. The Labute approximate surface area is 160 Å². The van der Waals surface area contributed by atoms with E-state index in [-0.39, 0.29) is 36.8 Å². The molecule has 1 N–H and O–H groups in total. The first-order valence-corrected chi connectivity index (χ1v) is 8.74.